The van der Waals surface area contributed by atoms with Crippen molar-refractivity contribution in [3.8, 4) is 0 Å². The van der Waals surface area contributed by atoms with Crippen LogP contribution in [0.3, 0.4) is 0 Å². The molecule has 164 valence electrons. The summed E-state index contributed by atoms with van der Waals surface area (Å²) in [4.78, 5) is 12.2. The third kappa shape index (κ3) is 14.0. The molecule has 1 rings (SSSR count). The molecule has 0 atom stereocenters. The van der Waals surface area contributed by atoms with Crippen LogP contribution in [0.4, 0.5) is 0 Å². The second kappa shape index (κ2) is 18.1. The zero-order chi connectivity index (χ0) is 21.2. The zero-order valence-electron chi connectivity index (χ0n) is 18.1. The minimum atomic E-state index is -0.145. The molecule has 0 fully saturated rings. The fourth-order valence-corrected chi connectivity index (χ4v) is 4.21. The van der Waals surface area contributed by atoms with E-state index >= 15 is 0 Å². The number of rotatable bonds is 16. The van der Waals surface area contributed by atoms with E-state index in [4.69, 9.17) is 12.2 Å². The Bertz CT molecular complexity index is 580. The minimum absolute atomic E-state index is 0.145. The molecule has 1 amide bonds. The van der Waals surface area contributed by atoms with Gasteiger partial charge in [0.2, 0.25) is 0 Å². The molecule has 0 radical (unpaired) electrons. The van der Waals surface area contributed by atoms with Gasteiger partial charge in [0.05, 0.1) is 5.56 Å². The van der Waals surface area contributed by atoms with Gasteiger partial charge in [0, 0.05) is 10.1 Å². The summed E-state index contributed by atoms with van der Waals surface area (Å²) in [5.74, 6) is -0.145. The van der Waals surface area contributed by atoms with Gasteiger partial charge in [-0.25, -0.2) is 0 Å². The summed E-state index contributed by atoms with van der Waals surface area (Å²) in [6.45, 7) is 3.10. The van der Waals surface area contributed by atoms with E-state index in [0.29, 0.717) is 10.7 Å². The maximum Gasteiger partial charge on any atom is 0.258 e. The van der Waals surface area contributed by atoms with E-state index in [-0.39, 0.29) is 5.91 Å². The summed E-state index contributed by atoms with van der Waals surface area (Å²) in [5, 5.41) is 6.33. The average Bonchev–Trinajstić information content (AvgIpc) is 2.71. The van der Waals surface area contributed by atoms with E-state index in [1.807, 2.05) is 24.3 Å². The quantitative estimate of drug-likeness (QED) is 0.133. The Balaban J connectivity index is 1.89. The predicted octanol–water partition coefficient (Wildman–Crippen LogP) is 7.38. The molecular formula is C24H39IN2OS. The molecule has 0 aliphatic rings. The number of hydrogen-bond acceptors (Lipinski definition) is 2. The number of thiocarbonyl (C=S) groups is 1. The maximum absolute atomic E-state index is 12.2. The smallest absolute Gasteiger partial charge is 0.258 e. The Morgan fingerprint density at radius 3 is 1.83 bits per heavy atom. The van der Waals surface area contributed by atoms with E-state index < -0.39 is 0 Å². The molecule has 1 aromatic carbocycles. The lowest BCUT2D eigenvalue weighted by molar-refractivity contribution is 0.0976. The molecule has 2 N–H and O–H groups in total. The molecule has 0 saturated heterocycles. The van der Waals surface area contributed by atoms with Crippen LogP contribution in [-0.4, -0.2) is 17.6 Å². The number of carbonyl (C=O) groups is 1. The molecule has 0 spiro atoms. The van der Waals surface area contributed by atoms with Crippen molar-refractivity contribution in [3.63, 3.8) is 0 Å². The first-order chi connectivity index (χ1) is 14.1. The van der Waals surface area contributed by atoms with E-state index in [0.717, 1.165) is 16.5 Å². The van der Waals surface area contributed by atoms with Crippen molar-refractivity contribution in [2.75, 3.05) is 6.54 Å². The van der Waals surface area contributed by atoms with Crippen LogP contribution >= 0.6 is 34.8 Å². The van der Waals surface area contributed by atoms with Gasteiger partial charge in [0.15, 0.2) is 5.11 Å². The molecule has 0 unspecified atom stereocenters. The number of hydrogen-bond donors (Lipinski definition) is 2. The van der Waals surface area contributed by atoms with Gasteiger partial charge >= 0.3 is 0 Å². The number of nitrogens with one attached hydrogen (secondary N) is 2. The van der Waals surface area contributed by atoms with Gasteiger partial charge in [-0.3, -0.25) is 10.1 Å². The first-order valence-corrected chi connectivity index (χ1v) is 13.0. The second-order valence-corrected chi connectivity index (χ2v) is 9.36. The summed E-state index contributed by atoms with van der Waals surface area (Å²) in [6.07, 6.45) is 19.0. The summed E-state index contributed by atoms with van der Waals surface area (Å²) >= 11 is 7.39. The Labute approximate surface area is 197 Å². The molecule has 0 saturated carbocycles. The highest BCUT2D eigenvalue weighted by Crippen LogP contribution is 2.13. The first kappa shape index (κ1) is 26.3. The number of benzene rings is 1. The van der Waals surface area contributed by atoms with Crippen molar-refractivity contribution < 1.29 is 4.79 Å². The Hall–Kier alpha value is -0.690. The van der Waals surface area contributed by atoms with Crippen LogP contribution in [0, 0.1) is 3.57 Å². The van der Waals surface area contributed by atoms with Gasteiger partial charge in [0.1, 0.15) is 0 Å². The van der Waals surface area contributed by atoms with Crippen molar-refractivity contribution >= 4 is 45.8 Å². The Kier molecular flexibility index (Phi) is 16.5. The standard InChI is InChI=1S/C24H39IN2OS/c1-2-3-4-5-6-7-8-9-10-11-12-13-14-17-20-26-24(29)27-23(28)21-18-15-16-19-22(21)25/h15-16,18-19H,2-14,17,20H2,1H3,(H2,26,27,28,29). The van der Waals surface area contributed by atoms with Crippen molar-refractivity contribution in [1.29, 1.82) is 0 Å². The summed E-state index contributed by atoms with van der Waals surface area (Å²) < 4.78 is 0.928. The highest BCUT2D eigenvalue weighted by molar-refractivity contribution is 14.1. The van der Waals surface area contributed by atoms with Crippen LogP contribution in [0.1, 0.15) is 107 Å². The normalized spacial score (nSPS) is 10.7. The second-order valence-electron chi connectivity index (χ2n) is 7.79. The van der Waals surface area contributed by atoms with Crippen molar-refractivity contribution in [2.45, 2.75) is 96.8 Å². The van der Waals surface area contributed by atoms with Crippen LogP contribution in [-0.2, 0) is 0 Å². The number of unbranched alkanes of at least 4 members (excludes halogenated alkanes) is 13. The summed E-state index contributed by atoms with van der Waals surface area (Å²) in [7, 11) is 0. The fraction of sp³-hybridized carbons (Fsp3) is 0.667. The van der Waals surface area contributed by atoms with Crippen LogP contribution < -0.4 is 10.6 Å². The van der Waals surface area contributed by atoms with E-state index in [1.165, 1.54) is 83.5 Å². The molecule has 0 aromatic heterocycles. The maximum atomic E-state index is 12.2. The van der Waals surface area contributed by atoms with Gasteiger partial charge < -0.3 is 5.32 Å². The molecule has 0 bridgehead atoms. The molecule has 0 heterocycles. The molecule has 0 aliphatic carbocycles. The van der Waals surface area contributed by atoms with Crippen LogP contribution in [0.2, 0.25) is 0 Å². The van der Waals surface area contributed by atoms with E-state index in [2.05, 4.69) is 40.1 Å². The predicted molar refractivity (Wildman–Crippen MR) is 138 cm³/mol. The SMILES string of the molecule is CCCCCCCCCCCCCCCCNC(=S)NC(=O)c1ccccc1I. The van der Waals surface area contributed by atoms with Crippen molar-refractivity contribution in [3.05, 3.63) is 33.4 Å². The van der Waals surface area contributed by atoms with E-state index in [1.54, 1.807) is 0 Å². The molecule has 3 nitrogen and oxygen atoms in total. The van der Waals surface area contributed by atoms with Gasteiger partial charge in [0.25, 0.3) is 5.91 Å². The zero-order valence-corrected chi connectivity index (χ0v) is 21.1. The minimum Gasteiger partial charge on any atom is -0.362 e. The fourth-order valence-electron chi connectivity index (χ4n) is 3.38. The van der Waals surface area contributed by atoms with Gasteiger partial charge in [-0.2, -0.15) is 0 Å². The molecule has 5 heteroatoms. The monoisotopic (exact) mass is 530 g/mol. The lowest BCUT2D eigenvalue weighted by Gasteiger charge is -2.10. The first-order valence-electron chi connectivity index (χ1n) is 11.5. The van der Waals surface area contributed by atoms with Gasteiger partial charge in [-0.15, -0.1) is 0 Å². The lowest BCUT2D eigenvalue weighted by atomic mass is 10.0. The lowest BCUT2D eigenvalue weighted by Crippen LogP contribution is -2.39. The Morgan fingerprint density at radius 2 is 1.31 bits per heavy atom. The third-order valence-electron chi connectivity index (χ3n) is 5.16. The number of amides is 1. The topological polar surface area (TPSA) is 41.1 Å². The Morgan fingerprint density at radius 1 is 0.828 bits per heavy atom. The highest BCUT2D eigenvalue weighted by atomic mass is 127. The van der Waals surface area contributed by atoms with Crippen LogP contribution in [0.25, 0.3) is 0 Å². The van der Waals surface area contributed by atoms with Crippen LogP contribution in [0.15, 0.2) is 24.3 Å². The number of halogens is 1. The summed E-state index contributed by atoms with van der Waals surface area (Å²) in [5.41, 5.74) is 0.661. The molecular weight excluding hydrogens is 491 g/mol. The van der Waals surface area contributed by atoms with Crippen LogP contribution in [0.5, 0.6) is 0 Å². The molecule has 29 heavy (non-hydrogen) atoms. The number of carbonyl (C=O) groups excluding carboxylic acids is 1. The highest BCUT2D eigenvalue weighted by Gasteiger charge is 2.10. The van der Waals surface area contributed by atoms with Crippen molar-refractivity contribution in [1.82, 2.24) is 10.6 Å². The molecule has 0 aliphatic heterocycles. The van der Waals surface area contributed by atoms with Gasteiger partial charge in [-0.05, 0) is 53.4 Å². The van der Waals surface area contributed by atoms with E-state index in [9.17, 15) is 4.79 Å². The third-order valence-corrected chi connectivity index (χ3v) is 6.35. The average molecular weight is 531 g/mol. The largest absolute Gasteiger partial charge is 0.362 e. The molecule has 1 aromatic rings. The van der Waals surface area contributed by atoms with Gasteiger partial charge in [-0.1, -0.05) is 103 Å². The van der Waals surface area contributed by atoms with Crippen molar-refractivity contribution in [2.24, 2.45) is 0 Å². The summed E-state index contributed by atoms with van der Waals surface area (Å²) in [6, 6.07) is 7.51.